The zero-order valence-corrected chi connectivity index (χ0v) is 9.58. The van der Waals surface area contributed by atoms with Gasteiger partial charge in [-0.2, -0.15) is 0 Å². The van der Waals surface area contributed by atoms with E-state index in [0.717, 1.165) is 0 Å². The molecule has 84 valence electrons. The number of hydrogen-bond donors (Lipinski definition) is 1. The first-order valence-corrected chi connectivity index (χ1v) is 5.18. The van der Waals surface area contributed by atoms with Crippen LogP contribution in [0.5, 0.6) is 5.75 Å². The van der Waals surface area contributed by atoms with Gasteiger partial charge in [0.2, 0.25) is 0 Å². The Morgan fingerprint density at radius 1 is 1.25 bits per heavy atom. The second-order valence-corrected chi connectivity index (χ2v) is 4.92. The third-order valence-electron chi connectivity index (χ3n) is 2.49. The Morgan fingerprint density at radius 3 is 2.56 bits per heavy atom. The molecule has 1 N–H and O–H groups in total. The van der Waals surface area contributed by atoms with Crippen molar-refractivity contribution in [2.75, 3.05) is 0 Å². The number of aromatic hydroxyl groups is 1. The highest BCUT2D eigenvalue weighted by atomic mass is 19.1. The topological polar surface area (TPSA) is 33.1 Å². The monoisotopic (exact) mass is 219 g/mol. The van der Waals surface area contributed by atoms with Crippen molar-refractivity contribution in [1.29, 1.82) is 0 Å². The third-order valence-corrected chi connectivity index (χ3v) is 2.49. The standard InChI is InChI=1S/C13H14FNO/c1-13(2,3)12-10(16)7-8-5-4-6-9(14)11(8)15-12/h4-7,16H,1-3H3. The number of rotatable bonds is 0. The number of benzene rings is 1. The van der Waals surface area contributed by atoms with E-state index in [1.807, 2.05) is 20.8 Å². The molecule has 0 fully saturated rings. The summed E-state index contributed by atoms with van der Waals surface area (Å²) in [6, 6.07) is 6.28. The first-order chi connectivity index (χ1) is 7.39. The van der Waals surface area contributed by atoms with E-state index in [0.29, 0.717) is 16.6 Å². The van der Waals surface area contributed by atoms with E-state index in [-0.39, 0.29) is 17.0 Å². The van der Waals surface area contributed by atoms with Gasteiger partial charge in [-0.15, -0.1) is 0 Å². The predicted octanol–water partition coefficient (Wildman–Crippen LogP) is 3.38. The Balaban J connectivity index is 2.80. The van der Waals surface area contributed by atoms with Crippen molar-refractivity contribution in [3.8, 4) is 5.75 Å². The molecule has 1 heterocycles. The highest BCUT2D eigenvalue weighted by Crippen LogP contribution is 2.31. The van der Waals surface area contributed by atoms with Crippen LogP contribution in [0.1, 0.15) is 26.5 Å². The molecular formula is C13H14FNO. The normalized spacial score (nSPS) is 12.0. The number of hydrogen-bond acceptors (Lipinski definition) is 2. The predicted molar refractivity (Wildman–Crippen MR) is 62.1 cm³/mol. The number of para-hydroxylation sites is 1. The summed E-state index contributed by atoms with van der Waals surface area (Å²) in [6.45, 7) is 5.80. The second-order valence-electron chi connectivity index (χ2n) is 4.92. The second kappa shape index (κ2) is 3.44. The number of aromatic nitrogens is 1. The van der Waals surface area contributed by atoms with Gasteiger partial charge in [0.1, 0.15) is 17.1 Å². The van der Waals surface area contributed by atoms with Gasteiger partial charge in [-0.05, 0) is 12.1 Å². The van der Waals surface area contributed by atoms with Crippen molar-refractivity contribution < 1.29 is 9.50 Å². The molecule has 2 aromatic rings. The van der Waals surface area contributed by atoms with E-state index >= 15 is 0 Å². The minimum absolute atomic E-state index is 0.116. The molecule has 0 amide bonds. The van der Waals surface area contributed by atoms with Gasteiger partial charge in [0.05, 0.1) is 5.69 Å². The van der Waals surface area contributed by atoms with Gasteiger partial charge >= 0.3 is 0 Å². The van der Waals surface area contributed by atoms with Crippen LogP contribution in [-0.4, -0.2) is 10.1 Å². The molecule has 0 radical (unpaired) electrons. The zero-order valence-electron chi connectivity index (χ0n) is 9.58. The molecule has 0 aliphatic rings. The van der Waals surface area contributed by atoms with Gasteiger partial charge in [-0.3, -0.25) is 0 Å². The largest absolute Gasteiger partial charge is 0.506 e. The molecular weight excluding hydrogens is 205 g/mol. The zero-order chi connectivity index (χ0) is 11.9. The Kier molecular flexibility index (Phi) is 2.34. The first-order valence-electron chi connectivity index (χ1n) is 5.18. The summed E-state index contributed by atoms with van der Waals surface area (Å²) in [5.41, 5.74) is 0.524. The van der Waals surface area contributed by atoms with Crippen LogP contribution in [0.25, 0.3) is 10.9 Å². The molecule has 2 rings (SSSR count). The van der Waals surface area contributed by atoms with Crippen molar-refractivity contribution in [2.24, 2.45) is 0 Å². The van der Waals surface area contributed by atoms with Crippen molar-refractivity contribution in [2.45, 2.75) is 26.2 Å². The molecule has 0 atom stereocenters. The Hall–Kier alpha value is -1.64. The van der Waals surface area contributed by atoms with Crippen LogP contribution >= 0.6 is 0 Å². The van der Waals surface area contributed by atoms with Gasteiger partial charge in [0, 0.05) is 10.8 Å². The Morgan fingerprint density at radius 2 is 1.94 bits per heavy atom. The molecule has 1 aromatic heterocycles. The molecule has 16 heavy (non-hydrogen) atoms. The van der Waals surface area contributed by atoms with E-state index in [1.165, 1.54) is 6.07 Å². The summed E-state index contributed by atoms with van der Waals surface area (Å²) >= 11 is 0. The lowest BCUT2D eigenvalue weighted by atomic mass is 9.90. The minimum Gasteiger partial charge on any atom is -0.506 e. The summed E-state index contributed by atoms with van der Waals surface area (Å²) < 4.78 is 13.5. The quantitative estimate of drug-likeness (QED) is 0.736. The van der Waals surface area contributed by atoms with Crippen molar-refractivity contribution in [3.63, 3.8) is 0 Å². The van der Waals surface area contributed by atoms with Crippen LogP contribution < -0.4 is 0 Å². The molecule has 0 saturated heterocycles. The molecule has 0 aliphatic carbocycles. The van der Waals surface area contributed by atoms with E-state index in [2.05, 4.69) is 4.98 Å². The highest BCUT2D eigenvalue weighted by molar-refractivity contribution is 5.81. The first kappa shape index (κ1) is 10.9. The summed E-state index contributed by atoms with van der Waals surface area (Å²) in [5.74, 6) is -0.242. The lowest BCUT2D eigenvalue weighted by molar-refractivity contribution is 0.439. The molecule has 0 unspecified atom stereocenters. The number of pyridine rings is 1. The maximum atomic E-state index is 13.5. The molecule has 0 aliphatic heterocycles. The third kappa shape index (κ3) is 1.73. The number of nitrogens with zero attached hydrogens (tertiary/aromatic N) is 1. The minimum atomic E-state index is -0.358. The Labute approximate surface area is 93.8 Å². The van der Waals surface area contributed by atoms with Gasteiger partial charge in [-0.1, -0.05) is 32.9 Å². The van der Waals surface area contributed by atoms with Gasteiger partial charge in [0.15, 0.2) is 0 Å². The van der Waals surface area contributed by atoms with E-state index in [9.17, 15) is 9.50 Å². The Bertz CT molecular complexity index is 543. The summed E-state index contributed by atoms with van der Waals surface area (Å²) in [4.78, 5) is 4.22. The van der Waals surface area contributed by atoms with E-state index in [1.54, 1.807) is 18.2 Å². The van der Waals surface area contributed by atoms with Crippen LogP contribution in [-0.2, 0) is 5.41 Å². The van der Waals surface area contributed by atoms with Crippen LogP contribution in [0.3, 0.4) is 0 Å². The van der Waals surface area contributed by atoms with E-state index in [4.69, 9.17) is 0 Å². The fraction of sp³-hybridized carbons (Fsp3) is 0.308. The SMILES string of the molecule is CC(C)(C)c1nc2c(F)cccc2cc1O. The van der Waals surface area contributed by atoms with Crippen LogP contribution in [0.15, 0.2) is 24.3 Å². The molecule has 3 heteroatoms. The molecule has 1 aromatic carbocycles. The lowest BCUT2D eigenvalue weighted by Crippen LogP contribution is -2.14. The maximum Gasteiger partial charge on any atom is 0.149 e. The average Bonchev–Trinajstić information content (AvgIpc) is 2.15. The van der Waals surface area contributed by atoms with Crippen molar-refractivity contribution >= 4 is 10.9 Å². The van der Waals surface area contributed by atoms with Gasteiger partial charge < -0.3 is 5.11 Å². The molecule has 0 spiro atoms. The maximum absolute atomic E-state index is 13.5. The molecule has 2 nitrogen and oxygen atoms in total. The average molecular weight is 219 g/mol. The lowest BCUT2D eigenvalue weighted by Gasteiger charge is -2.19. The summed E-state index contributed by atoms with van der Waals surface area (Å²) in [6.07, 6.45) is 0. The fourth-order valence-corrected chi connectivity index (χ4v) is 1.70. The smallest absolute Gasteiger partial charge is 0.149 e. The van der Waals surface area contributed by atoms with Crippen molar-refractivity contribution in [1.82, 2.24) is 4.98 Å². The van der Waals surface area contributed by atoms with Crippen LogP contribution in [0.2, 0.25) is 0 Å². The van der Waals surface area contributed by atoms with Crippen molar-refractivity contribution in [3.05, 3.63) is 35.8 Å². The molecule has 0 bridgehead atoms. The summed E-state index contributed by atoms with van der Waals surface area (Å²) in [5, 5.41) is 10.5. The van der Waals surface area contributed by atoms with E-state index < -0.39 is 0 Å². The highest BCUT2D eigenvalue weighted by Gasteiger charge is 2.21. The summed E-state index contributed by atoms with van der Waals surface area (Å²) in [7, 11) is 0. The van der Waals surface area contributed by atoms with Gasteiger partial charge in [0.25, 0.3) is 0 Å². The van der Waals surface area contributed by atoms with Crippen LogP contribution in [0.4, 0.5) is 4.39 Å². The number of halogens is 1. The van der Waals surface area contributed by atoms with Crippen LogP contribution in [0, 0.1) is 5.82 Å². The molecule has 0 saturated carbocycles. The number of fused-ring (bicyclic) bond motifs is 1. The fourth-order valence-electron chi connectivity index (χ4n) is 1.70. The van der Waals surface area contributed by atoms with Gasteiger partial charge in [-0.25, -0.2) is 9.37 Å².